The summed E-state index contributed by atoms with van der Waals surface area (Å²) in [5.41, 5.74) is 2.08. The van der Waals surface area contributed by atoms with Crippen molar-refractivity contribution in [1.82, 2.24) is 4.98 Å². The van der Waals surface area contributed by atoms with Gasteiger partial charge in [-0.05, 0) is 35.0 Å². The molecule has 19 heavy (non-hydrogen) atoms. The molecular formula is C14H11FN2S2. The molecule has 0 fully saturated rings. The van der Waals surface area contributed by atoms with Gasteiger partial charge in [0.1, 0.15) is 0 Å². The Kier molecular flexibility index (Phi) is 3.57. The maximum atomic E-state index is 12.7. The highest BCUT2D eigenvalue weighted by Crippen LogP contribution is 2.29. The Bertz CT molecular complexity index is 644. The van der Waals surface area contributed by atoms with Crippen LogP contribution in [0.5, 0.6) is 0 Å². The lowest BCUT2D eigenvalue weighted by atomic mass is 10.2. The fraction of sp³-hybridized carbons (Fsp3) is 0.0714. The summed E-state index contributed by atoms with van der Waals surface area (Å²) in [5.74, 6) is -0.457. The molecule has 0 bridgehead atoms. The maximum Gasteiger partial charge on any atom is 0.212 e. The third-order valence-electron chi connectivity index (χ3n) is 2.65. The second-order valence-electron chi connectivity index (χ2n) is 4.00. The number of nitrogens with one attached hydrogen (secondary N) is 1. The summed E-state index contributed by atoms with van der Waals surface area (Å²) in [6.45, 7) is 0.726. The third kappa shape index (κ3) is 3.00. The molecule has 1 N–H and O–H groups in total. The van der Waals surface area contributed by atoms with Crippen molar-refractivity contribution < 1.29 is 4.39 Å². The number of hydrogen-bond acceptors (Lipinski definition) is 4. The molecule has 0 saturated carbocycles. The van der Waals surface area contributed by atoms with Gasteiger partial charge in [0.05, 0.1) is 11.9 Å². The predicted octanol–water partition coefficient (Wildman–Crippen LogP) is 4.62. The average Bonchev–Trinajstić information content (AvgIpc) is 3.09. The van der Waals surface area contributed by atoms with Crippen LogP contribution in [0.1, 0.15) is 4.88 Å². The van der Waals surface area contributed by atoms with Crippen molar-refractivity contribution in [1.29, 1.82) is 0 Å². The zero-order chi connectivity index (χ0) is 13.1. The molecular weight excluding hydrogens is 279 g/mol. The van der Waals surface area contributed by atoms with E-state index in [0.29, 0.717) is 0 Å². The number of hydrogen-bond donors (Lipinski definition) is 1. The van der Waals surface area contributed by atoms with Gasteiger partial charge >= 0.3 is 0 Å². The summed E-state index contributed by atoms with van der Waals surface area (Å²) in [6.07, 6.45) is 1.50. The standard InChI is InChI=1S/C14H11FN2S2/c15-14-4-3-11(7-17-14)16-8-12-6-10(9-19-12)13-2-1-5-18-13/h1-7,9,16H,8H2. The smallest absolute Gasteiger partial charge is 0.212 e. The third-order valence-corrected chi connectivity index (χ3v) is 4.51. The first kappa shape index (κ1) is 12.3. The van der Waals surface area contributed by atoms with Gasteiger partial charge in [-0.25, -0.2) is 4.98 Å². The fourth-order valence-electron chi connectivity index (χ4n) is 1.71. The van der Waals surface area contributed by atoms with Crippen LogP contribution in [0.15, 0.2) is 47.3 Å². The van der Waals surface area contributed by atoms with Gasteiger partial charge in [0, 0.05) is 21.9 Å². The summed E-state index contributed by atoms with van der Waals surface area (Å²) in [6, 6.07) is 9.40. The highest BCUT2D eigenvalue weighted by atomic mass is 32.1. The van der Waals surface area contributed by atoms with Crippen LogP contribution in [-0.2, 0) is 6.54 Å². The van der Waals surface area contributed by atoms with Gasteiger partial charge in [0.25, 0.3) is 0 Å². The molecule has 3 aromatic rings. The minimum atomic E-state index is -0.457. The molecule has 0 aliphatic carbocycles. The molecule has 3 aromatic heterocycles. The second kappa shape index (κ2) is 5.50. The van der Waals surface area contributed by atoms with Gasteiger partial charge in [-0.2, -0.15) is 4.39 Å². The molecule has 3 rings (SSSR count). The van der Waals surface area contributed by atoms with E-state index in [1.54, 1.807) is 28.7 Å². The number of halogens is 1. The number of nitrogens with zero attached hydrogens (tertiary/aromatic N) is 1. The van der Waals surface area contributed by atoms with E-state index in [4.69, 9.17) is 0 Å². The second-order valence-corrected chi connectivity index (χ2v) is 5.95. The Morgan fingerprint density at radius 3 is 2.89 bits per heavy atom. The molecule has 0 saturated heterocycles. The minimum Gasteiger partial charge on any atom is -0.379 e. The molecule has 0 unspecified atom stereocenters. The molecule has 0 atom stereocenters. The van der Waals surface area contributed by atoms with Crippen LogP contribution in [-0.4, -0.2) is 4.98 Å². The summed E-state index contributed by atoms with van der Waals surface area (Å²) >= 11 is 3.46. The summed E-state index contributed by atoms with van der Waals surface area (Å²) in [5, 5.41) is 7.47. The van der Waals surface area contributed by atoms with E-state index in [1.165, 1.54) is 27.6 Å². The Morgan fingerprint density at radius 1 is 1.21 bits per heavy atom. The molecule has 2 nitrogen and oxygen atoms in total. The highest BCUT2D eigenvalue weighted by molar-refractivity contribution is 7.14. The van der Waals surface area contributed by atoms with Crippen LogP contribution in [0.4, 0.5) is 10.1 Å². The highest BCUT2D eigenvalue weighted by Gasteiger charge is 2.03. The molecule has 0 aromatic carbocycles. The van der Waals surface area contributed by atoms with Crippen molar-refractivity contribution in [3.63, 3.8) is 0 Å². The molecule has 0 radical (unpaired) electrons. The van der Waals surface area contributed by atoms with Crippen molar-refractivity contribution in [3.8, 4) is 10.4 Å². The van der Waals surface area contributed by atoms with Crippen LogP contribution in [0.2, 0.25) is 0 Å². The van der Waals surface area contributed by atoms with E-state index in [1.807, 2.05) is 0 Å². The lowest BCUT2D eigenvalue weighted by Crippen LogP contribution is -1.98. The monoisotopic (exact) mass is 290 g/mol. The number of rotatable bonds is 4. The normalized spacial score (nSPS) is 10.6. The molecule has 5 heteroatoms. The maximum absolute atomic E-state index is 12.7. The minimum absolute atomic E-state index is 0.457. The Balaban J connectivity index is 1.66. The summed E-state index contributed by atoms with van der Waals surface area (Å²) < 4.78 is 12.7. The number of anilines is 1. The first-order valence-corrected chi connectivity index (χ1v) is 7.54. The van der Waals surface area contributed by atoms with Gasteiger partial charge in [0.15, 0.2) is 0 Å². The van der Waals surface area contributed by atoms with Crippen molar-refractivity contribution in [2.24, 2.45) is 0 Å². The zero-order valence-corrected chi connectivity index (χ0v) is 11.6. The Hall–Kier alpha value is -1.72. The molecule has 3 heterocycles. The average molecular weight is 290 g/mol. The van der Waals surface area contributed by atoms with Crippen molar-refractivity contribution in [2.75, 3.05) is 5.32 Å². The summed E-state index contributed by atoms with van der Waals surface area (Å²) in [4.78, 5) is 6.14. The topological polar surface area (TPSA) is 24.9 Å². The number of aromatic nitrogens is 1. The quantitative estimate of drug-likeness (QED) is 0.709. The van der Waals surface area contributed by atoms with E-state index in [2.05, 4.69) is 39.3 Å². The van der Waals surface area contributed by atoms with Gasteiger partial charge in [0.2, 0.25) is 5.95 Å². The van der Waals surface area contributed by atoms with Gasteiger partial charge < -0.3 is 5.32 Å². The van der Waals surface area contributed by atoms with Crippen LogP contribution >= 0.6 is 22.7 Å². The fourth-order valence-corrected chi connectivity index (χ4v) is 3.33. The SMILES string of the molecule is Fc1ccc(NCc2cc(-c3cccs3)cs2)cn1. The predicted molar refractivity (Wildman–Crippen MR) is 79.2 cm³/mol. The van der Waals surface area contributed by atoms with Crippen LogP contribution < -0.4 is 5.32 Å². The van der Waals surface area contributed by atoms with Crippen molar-refractivity contribution in [2.45, 2.75) is 6.54 Å². The number of pyridine rings is 1. The molecule has 0 amide bonds. The van der Waals surface area contributed by atoms with Crippen LogP contribution in [0.3, 0.4) is 0 Å². The Morgan fingerprint density at radius 2 is 2.16 bits per heavy atom. The van der Waals surface area contributed by atoms with E-state index in [-0.39, 0.29) is 0 Å². The lowest BCUT2D eigenvalue weighted by Gasteiger charge is -2.03. The largest absolute Gasteiger partial charge is 0.379 e. The zero-order valence-electron chi connectivity index (χ0n) is 9.97. The number of thiophene rings is 2. The van der Waals surface area contributed by atoms with E-state index < -0.39 is 5.95 Å². The lowest BCUT2D eigenvalue weighted by molar-refractivity contribution is 0.584. The molecule has 0 spiro atoms. The van der Waals surface area contributed by atoms with E-state index in [9.17, 15) is 4.39 Å². The van der Waals surface area contributed by atoms with Crippen LogP contribution in [0, 0.1) is 5.95 Å². The first-order valence-electron chi connectivity index (χ1n) is 5.78. The van der Waals surface area contributed by atoms with E-state index >= 15 is 0 Å². The molecule has 0 aliphatic heterocycles. The summed E-state index contributed by atoms with van der Waals surface area (Å²) in [7, 11) is 0. The van der Waals surface area contributed by atoms with Gasteiger partial charge in [-0.3, -0.25) is 0 Å². The van der Waals surface area contributed by atoms with Crippen molar-refractivity contribution >= 4 is 28.4 Å². The van der Waals surface area contributed by atoms with Crippen LogP contribution in [0.25, 0.3) is 10.4 Å². The first-order chi connectivity index (χ1) is 9.31. The van der Waals surface area contributed by atoms with Gasteiger partial charge in [-0.1, -0.05) is 6.07 Å². The molecule has 0 aliphatic rings. The van der Waals surface area contributed by atoms with Gasteiger partial charge in [-0.15, -0.1) is 22.7 Å². The molecule has 96 valence electrons. The van der Waals surface area contributed by atoms with E-state index in [0.717, 1.165) is 12.2 Å². The van der Waals surface area contributed by atoms with Crippen molar-refractivity contribution in [3.05, 3.63) is 58.1 Å². The Labute approximate surface area is 118 Å².